The van der Waals surface area contributed by atoms with Crippen LogP contribution < -0.4 is 10.2 Å². The Labute approximate surface area is 169 Å². The summed E-state index contributed by atoms with van der Waals surface area (Å²) in [5, 5.41) is 11.9. The lowest BCUT2D eigenvalue weighted by atomic mass is 10.2. The first-order chi connectivity index (χ1) is 13.6. The van der Waals surface area contributed by atoms with Gasteiger partial charge in [-0.2, -0.15) is 5.26 Å². The number of rotatable bonds is 6. The number of thioether (sulfide) groups is 1. The Hall–Kier alpha value is -3.23. The average Bonchev–Trinajstić information content (AvgIpc) is 2.73. The molecule has 4 nitrogen and oxygen atoms in total. The van der Waals surface area contributed by atoms with E-state index in [1.54, 1.807) is 11.8 Å². The van der Waals surface area contributed by atoms with Crippen LogP contribution in [0.1, 0.15) is 21.5 Å². The minimum absolute atomic E-state index is 0.125. The van der Waals surface area contributed by atoms with Gasteiger partial charge >= 0.3 is 0 Å². The minimum Gasteiger partial charge on any atom is -0.378 e. The molecule has 28 heavy (non-hydrogen) atoms. The highest BCUT2D eigenvalue weighted by Gasteiger charge is 2.12. The van der Waals surface area contributed by atoms with Gasteiger partial charge in [-0.15, -0.1) is 11.8 Å². The van der Waals surface area contributed by atoms with Crippen molar-refractivity contribution in [1.29, 1.82) is 5.26 Å². The monoisotopic (exact) mass is 387 g/mol. The van der Waals surface area contributed by atoms with E-state index in [9.17, 15) is 4.79 Å². The molecule has 0 saturated heterocycles. The molecule has 0 aliphatic rings. The van der Waals surface area contributed by atoms with Gasteiger partial charge in [-0.05, 0) is 54.1 Å². The Kier molecular flexibility index (Phi) is 6.36. The number of carbonyl (C=O) groups is 1. The van der Waals surface area contributed by atoms with E-state index in [1.807, 2.05) is 91.8 Å². The number of carbonyl (C=O) groups excluding carboxylic acids is 1. The fourth-order valence-electron chi connectivity index (χ4n) is 2.66. The van der Waals surface area contributed by atoms with Crippen LogP contribution >= 0.6 is 11.8 Å². The number of hydrogen-bond donors (Lipinski definition) is 1. The lowest BCUT2D eigenvalue weighted by Gasteiger charge is -2.14. The number of benzene rings is 3. The second-order valence-electron chi connectivity index (χ2n) is 6.49. The van der Waals surface area contributed by atoms with Crippen molar-refractivity contribution < 1.29 is 4.79 Å². The highest BCUT2D eigenvalue weighted by Crippen LogP contribution is 2.27. The van der Waals surface area contributed by atoms with Crippen LogP contribution in [-0.2, 0) is 5.75 Å². The van der Waals surface area contributed by atoms with E-state index >= 15 is 0 Å². The fraction of sp³-hybridized carbons (Fsp3) is 0.130. The summed E-state index contributed by atoms with van der Waals surface area (Å²) in [5.41, 5.74) is 4.25. The first-order valence-electron chi connectivity index (χ1n) is 8.86. The van der Waals surface area contributed by atoms with Gasteiger partial charge in [0.1, 0.15) is 0 Å². The zero-order valence-corrected chi connectivity index (χ0v) is 16.7. The van der Waals surface area contributed by atoms with Gasteiger partial charge in [0.25, 0.3) is 5.91 Å². The van der Waals surface area contributed by atoms with E-state index in [0.717, 1.165) is 27.6 Å². The Morgan fingerprint density at radius 2 is 1.68 bits per heavy atom. The molecule has 0 bridgehead atoms. The number of hydrogen-bond acceptors (Lipinski definition) is 4. The van der Waals surface area contributed by atoms with Crippen LogP contribution in [-0.4, -0.2) is 20.0 Å². The van der Waals surface area contributed by atoms with Gasteiger partial charge in [-0.1, -0.05) is 24.3 Å². The molecule has 1 amide bonds. The second-order valence-corrected chi connectivity index (χ2v) is 7.51. The molecule has 0 fully saturated rings. The Morgan fingerprint density at radius 3 is 2.32 bits per heavy atom. The van der Waals surface area contributed by atoms with Crippen LogP contribution in [0.3, 0.4) is 0 Å². The summed E-state index contributed by atoms with van der Waals surface area (Å²) >= 11 is 1.61. The molecule has 0 aliphatic heterocycles. The second kappa shape index (κ2) is 9.12. The maximum absolute atomic E-state index is 12.8. The molecule has 0 unspecified atom stereocenters. The van der Waals surface area contributed by atoms with Crippen LogP contribution in [0.15, 0.2) is 77.7 Å². The van der Waals surface area contributed by atoms with E-state index in [2.05, 4.69) is 11.4 Å². The Balaban J connectivity index is 1.70. The molecule has 3 aromatic carbocycles. The molecule has 3 aromatic rings. The van der Waals surface area contributed by atoms with Crippen molar-refractivity contribution in [2.24, 2.45) is 0 Å². The van der Waals surface area contributed by atoms with Gasteiger partial charge in [-0.3, -0.25) is 4.79 Å². The summed E-state index contributed by atoms with van der Waals surface area (Å²) < 4.78 is 0. The van der Waals surface area contributed by atoms with E-state index in [0.29, 0.717) is 11.1 Å². The molecule has 0 saturated carbocycles. The molecule has 1 N–H and O–H groups in total. The summed E-state index contributed by atoms with van der Waals surface area (Å²) in [5.74, 6) is 0.605. The molecule has 5 heteroatoms. The summed E-state index contributed by atoms with van der Waals surface area (Å²) in [7, 11) is 3.96. The fourth-order valence-corrected chi connectivity index (χ4v) is 3.66. The van der Waals surface area contributed by atoms with Crippen LogP contribution in [0.5, 0.6) is 0 Å². The molecule has 0 spiro atoms. The third kappa shape index (κ3) is 4.93. The topological polar surface area (TPSA) is 56.1 Å². The van der Waals surface area contributed by atoms with Crippen molar-refractivity contribution >= 4 is 29.0 Å². The van der Waals surface area contributed by atoms with Gasteiger partial charge < -0.3 is 10.2 Å². The quantitative estimate of drug-likeness (QED) is 0.593. The largest absolute Gasteiger partial charge is 0.378 e. The van der Waals surface area contributed by atoms with Crippen molar-refractivity contribution in [2.45, 2.75) is 10.6 Å². The van der Waals surface area contributed by atoms with Crippen LogP contribution in [0.2, 0.25) is 0 Å². The molecular weight excluding hydrogens is 366 g/mol. The number of nitriles is 1. The predicted octanol–water partition coefficient (Wildman–Crippen LogP) is 5.17. The standard InChI is InChI=1S/C23H21N3OS/c1-26(2)20-13-11-19(12-14-20)25-23(27)21-5-3-4-6-22(21)28-16-18-9-7-17(15-24)8-10-18/h3-14H,16H2,1-2H3,(H,25,27). The van der Waals surface area contributed by atoms with E-state index in [1.165, 1.54) is 0 Å². The number of nitrogens with zero attached hydrogens (tertiary/aromatic N) is 2. The lowest BCUT2D eigenvalue weighted by molar-refractivity contribution is 0.102. The summed E-state index contributed by atoms with van der Waals surface area (Å²) in [6.07, 6.45) is 0. The number of anilines is 2. The van der Waals surface area contributed by atoms with Crippen LogP contribution in [0.25, 0.3) is 0 Å². The number of nitrogens with one attached hydrogen (secondary N) is 1. The zero-order valence-electron chi connectivity index (χ0n) is 15.8. The maximum Gasteiger partial charge on any atom is 0.256 e. The Morgan fingerprint density at radius 1 is 1.00 bits per heavy atom. The van der Waals surface area contributed by atoms with Gasteiger partial charge in [0, 0.05) is 36.1 Å². The third-order valence-electron chi connectivity index (χ3n) is 4.25. The van der Waals surface area contributed by atoms with Gasteiger partial charge in [-0.25, -0.2) is 0 Å². The molecule has 0 atom stereocenters. The predicted molar refractivity (Wildman–Crippen MR) is 116 cm³/mol. The van der Waals surface area contributed by atoms with E-state index in [-0.39, 0.29) is 5.91 Å². The lowest BCUT2D eigenvalue weighted by Crippen LogP contribution is -2.13. The molecule has 0 radical (unpaired) electrons. The van der Waals surface area contributed by atoms with Gasteiger partial charge in [0.05, 0.1) is 17.2 Å². The van der Waals surface area contributed by atoms with Crippen molar-refractivity contribution in [1.82, 2.24) is 0 Å². The first-order valence-corrected chi connectivity index (χ1v) is 9.85. The van der Waals surface area contributed by atoms with Crippen LogP contribution in [0.4, 0.5) is 11.4 Å². The molecular formula is C23H21N3OS. The molecule has 140 valence electrons. The van der Waals surface area contributed by atoms with Crippen molar-refractivity contribution in [3.8, 4) is 6.07 Å². The SMILES string of the molecule is CN(C)c1ccc(NC(=O)c2ccccc2SCc2ccc(C#N)cc2)cc1. The minimum atomic E-state index is -0.125. The smallest absolute Gasteiger partial charge is 0.256 e. The van der Waals surface area contributed by atoms with Crippen molar-refractivity contribution in [3.63, 3.8) is 0 Å². The number of amides is 1. The third-order valence-corrected chi connectivity index (χ3v) is 5.40. The summed E-state index contributed by atoms with van der Waals surface area (Å²) in [4.78, 5) is 15.7. The van der Waals surface area contributed by atoms with E-state index in [4.69, 9.17) is 5.26 Å². The Bertz CT molecular complexity index is 990. The van der Waals surface area contributed by atoms with Crippen molar-refractivity contribution in [2.75, 3.05) is 24.3 Å². The average molecular weight is 388 g/mol. The summed E-state index contributed by atoms with van der Waals surface area (Å²) in [6.45, 7) is 0. The van der Waals surface area contributed by atoms with Gasteiger partial charge in [0.15, 0.2) is 0 Å². The first kappa shape index (κ1) is 19.5. The summed E-state index contributed by atoms with van der Waals surface area (Å²) in [6, 6.07) is 25.0. The highest BCUT2D eigenvalue weighted by molar-refractivity contribution is 7.98. The highest BCUT2D eigenvalue weighted by atomic mass is 32.2. The van der Waals surface area contributed by atoms with Crippen molar-refractivity contribution in [3.05, 3.63) is 89.5 Å². The van der Waals surface area contributed by atoms with Crippen LogP contribution in [0, 0.1) is 11.3 Å². The van der Waals surface area contributed by atoms with E-state index < -0.39 is 0 Å². The molecule has 0 aliphatic carbocycles. The molecule has 0 aromatic heterocycles. The normalized spacial score (nSPS) is 10.2. The maximum atomic E-state index is 12.8. The van der Waals surface area contributed by atoms with Gasteiger partial charge in [0.2, 0.25) is 0 Å². The molecule has 0 heterocycles. The molecule has 3 rings (SSSR count). The zero-order chi connectivity index (χ0) is 19.9.